The molecule has 0 spiro atoms. The predicted octanol–water partition coefficient (Wildman–Crippen LogP) is 0.00280. The Kier molecular flexibility index (Phi) is 3.04. The molecule has 0 fully saturated rings. The topological polar surface area (TPSA) is 20.3 Å². The summed E-state index contributed by atoms with van der Waals surface area (Å²) in [7, 11) is 3.60. The summed E-state index contributed by atoms with van der Waals surface area (Å²) in [6.45, 7) is 0. The molecule has 0 N–H and O–H groups in total. The summed E-state index contributed by atoms with van der Waals surface area (Å²) in [5.41, 5.74) is 0. The van der Waals surface area contributed by atoms with Crippen molar-refractivity contribution >= 4 is 18.9 Å². The monoisotopic (exact) mass is 119 g/mol. The molecule has 0 saturated heterocycles. The molecule has 0 aliphatic rings. The zero-order chi connectivity index (χ0) is 5.86. The van der Waals surface area contributed by atoms with Gasteiger partial charge in [0.1, 0.15) is 11.7 Å². The van der Waals surface area contributed by atoms with E-state index in [0.29, 0.717) is 0 Å². The van der Waals surface area contributed by atoms with Crippen molar-refractivity contribution in [1.82, 2.24) is 4.90 Å². The van der Waals surface area contributed by atoms with Crippen molar-refractivity contribution in [3.8, 4) is 0 Å². The highest BCUT2D eigenvalue weighted by molar-refractivity contribution is 7.81. The molecule has 7 heavy (non-hydrogen) atoms. The van der Waals surface area contributed by atoms with Crippen LogP contribution in [0.15, 0.2) is 0 Å². The largest absolute Gasteiger partial charge is 0.301 e. The second-order valence-electron chi connectivity index (χ2n) is 1.51. The van der Waals surface area contributed by atoms with E-state index in [1.54, 1.807) is 19.0 Å². The van der Waals surface area contributed by atoms with Gasteiger partial charge in [0.15, 0.2) is 0 Å². The molecular weight excluding hydrogens is 110 g/mol. The third-order valence-corrected chi connectivity index (χ3v) is 1.23. The van der Waals surface area contributed by atoms with Gasteiger partial charge in [-0.25, -0.2) is 0 Å². The fourth-order valence-corrected chi connectivity index (χ4v) is 0.122. The number of nitrogens with zero attached hydrogens (tertiary/aromatic N) is 1. The number of rotatable bonds is 2. The molecule has 0 amide bonds. The summed E-state index contributed by atoms with van der Waals surface area (Å²) in [4.78, 5) is 11.5. The minimum absolute atomic E-state index is 0.250. The third kappa shape index (κ3) is 2.65. The zero-order valence-electron chi connectivity index (χ0n) is 4.46. The summed E-state index contributed by atoms with van der Waals surface area (Å²) in [5.74, 6) is 0. The maximum absolute atomic E-state index is 9.83. The molecule has 0 aromatic rings. The van der Waals surface area contributed by atoms with Crippen LogP contribution in [0.2, 0.25) is 0 Å². The highest BCUT2D eigenvalue weighted by Crippen LogP contribution is 1.90. The van der Waals surface area contributed by atoms with E-state index in [1.807, 2.05) is 0 Å². The number of hydrogen-bond donors (Lipinski definition) is 1. The first-order chi connectivity index (χ1) is 3.18. The normalized spacial score (nSPS) is 14.3. The number of aldehydes is 1. The minimum atomic E-state index is -0.250. The Labute approximate surface area is 48.9 Å². The summed E-state index contributed by atoms with van der Waals surface area (Å²) in [6, 6.07) is 0. The van der Waals surface area contributed by atoms with Crippen LogP contribution in [-0.4, -0.2) is 30.7 Å². The van der Waals surface area contributed by atoms with Gasteiger partial charge in [-0.05, 0) is 14.1 Å². The molecular formula is C4H9NOS. The standard InChI is InChI=1S/C4H9NOS/c1-5(2)4(7)3-6/h3-4,7H,1-2H3. The number of thiol groups is 1. The quantitative estimate of drug-likeness (QED) is 0.314. The number of likely N-dealkylation sites (N-methyl/N-ethyl adjacent to an activating group) is 1. The van der Waals surface area contributed by atoms with Crippen LogP contribution in [-0.2, 0) is 4.79 Å². The minimum Gasteiger partial charge on any atom is -0.301 e. The van der Waals surface area contributed by atoms with Crippen molar-refractivity contribution in [2.45, 2.75) is 5.37 Å². The molecule has 0 aromatic carbocycles. The van der Waals surface area contributed by atoms with Gasteiger partial charge in [-0.2, -0.15) is 12.6 Å². The summed E-state index contributed by atoms with van der Waals surface area (Å²) >= 11 is 3.88. The van der Waals surface area contributed by atoms with Crippen molar-refractivity contribution < 1.29 is 4.79 Å². The van der Waals surface area contributed by atoms with Crippen molar-refractivity contribution in [2.75, 3.05) is 14.1 Å². The lowest BCUT2D eigenvalue weighted by molar-refractivity contribution is -0.109. The molecule has 0 rings (SSSR count). The van der Waals surface area contributed by atoms with Gasteiger partial charge in [-0.3, -0.25) is 4.90 Å². The summed E-state index contributed by atoms with van der Waals surface area (Å²) in [5, 5.41) is -0.250. The smallest absolute Gasteiger partial charge is 0.147 e. The Hall–Kier alpha value is -0.0200. The molecule has 2 nitrogen and oxygen atoms in total. The molecule has 0 saturated carbocycles. The van der Waals surface area contributed by atoms with Crippen molar-refractivity contribution in [1.29, 1.82) is 0 Å². The Balaban J connectivity index is 3.33. The molecule has 0 heterocycles. The Morgan fingerprint density at radius 3 is 2.14 bits per heavy atom. The first-order valence-electron chi connectivity index (χ1n) is 1.98. The summed E-state index contributed by atoms with van der Waals surface area (Å²) in [6.07, 6.45) is 0.781. The van der Waals surface area contributed by atoms with Crippen LogP contribution in [0.4, 0.5) is 0 Å². The molecule has 0 aromatic heterocycles. The fraction of sp³-hybridized carbons (Fsp3) is 0.750. The maximum Gasteiger partial charge on any atom is 0.147 e. The fourth-order valence-electron chi connectivity index (χ4n) is 0.122. The van der Waals surface area contributed by atoms with Gasteiger partial charge >= 0.3 is 0 Å². The van der Waals surface area contributed by atoms with E-state index >= 15 is 0 Å². The van der Waals surface area contributed by atoms with Gasteiger partial charge in [0.05, 0.1) is 0 Å². The highest BCUT2D eigenvalue weighted by Gasteiger charge is 1.99. The Morgan fingerprint density at radius 1 is 1.71 bits per heavy atom. The maximum atomic E-state index is 9.83. The van der Waals surface area contributed by atoms with Crippen LogP contribution < -0.4 is 0 Å². The molecule has 1 atom stereocenters. The molecule has 0 bridgehead atoms. The lowest BCUT2D eigenvalue weighted by atomic mass is 10.6. The van der Waals surface area contributed by atoms with Gasteiger partial charge in [0, 0.05) is 0 Å². The predicted molar refractivity (Wildman–Crippen MR) is 32.5 cm³/mol. The van der Waals surface area contributed by atoms with Crippen LogP contribution in [0.3, 0.4) is 0 Å². The third-order valence-electron chi connectivity index (χ3n) is 0.651. The molecule has 0 radical (unpaired) electrons. The van der Waals surface area contributed by atoms with Crippen molar-refractivity contribution in [3.63, 3.8) is 0 Å². The number of carbonyl (C=O) groups excluding carboxylic acids is 1. The van der Waals surface area contributed by atoms with Gasteiger partial charge in [-0.15, -0.1) is 0 Å². The Morgan fingerprint density at radius 2 is 2.14 bits per heavy atom. The first-order valence-corrected chi connectivity index (χ1v) is 2.50. The van der Waals surface area contributed by atoms with Gasteiger partial charge < -0.3 is 4.79 Å². The van der Waals surface area contributed by atoms with E-state index in [9.17, 15) is 4.79 Å². The van der Waals surface area contributed by atoms with E-state index < -0.39 is 0 Å². The van der Waals surface area contributed by atoms with Gasteiger partial charge in [-0.1, -0.05) is 0 Å². The van der Waals surface area contributed by atoms with Crippen LogP contribution >= 0.6 is 12.6 Å². The van der Waals surface area contributed by atoms with Crippen LogP contribution in [0, 0.1) is 0 Å². The van der Waals surface area contributed by atoms with Crippen LogP contribution in [0.25, 0.3) is 0 Å². The molecule has 42 valence electrons. The molecule has 0 aliphatic heterocycles. The zero-order valence-corrected chi connectivity index (χ0v) is 5.35. The second-order valence-corrected chi connectivity index (χ2v) is 2.04. The molecule has 3 heteroatoms. The van der Waals surface area contributed by atoms with Crippen molar-refractivity contribution in [2.24, 2.45) is 0 Å². The SMILES string of the molecule is CN(C)C(S)C=O. The number of carbonyl (C=O) groups is 1. The van der Waals surface area contributed by atoms with E-state index in [1.165, 1.54) is 0 Å². The highest BCUT2D eigenvalue weighted by atomic mass is 32.1. The number of hydrogen-bond acceptors (Lipinski definition) is 3. The Bertz CT molecular complexity index is 64.7. The van der Waals surface area contributed by atoms with Gasteiger partial charge in [0.2, 0.25) is 0 Å². The summed E-state index contributed by atoms with van der Waals surface area (Å²) < 4.78 is 0. The molecule has 1 unspecified atom stereocenters. The van der Waals surface area contributed by atoms with E-state index in [-0.39, 0.29) is 5.37 Å². The average molecular weight is 119 g/mol. The molecule has 0 aliphatic carbocycles. The van der Waals surface area contributed by atoms with Crippen molar-refractivity contribution in [3.05, 3.63) is 0 Å². The van der Waals surface area contributed by atoms with Gasteiger partial charge in [0.25, 0.3) is 0 Å². The van der Waals surface area contributed by atoms with Crippen LogP contribution in [0.5, 0.6) is 0 Å². The van der Waals surface area contributed by atoms with E-state index in [2.05, 4.69) is 12.6 Å². The van der Waals surface area contributed by atoms with Crippen LogP contribution in [0.1, 0.15) is 0 Å². The lowest BCUT2D eigenvalue weighted by Crippen LogP contribution is -2.23. The van der Waals surface area contributed by atoms with E-state index in [0.717, 1.165) is 6.29 Å². The lowest BCUT2D eigenvalue weighted by Gasteiger charge is -2.10. The second kappa shape index (κ2) is 3.04. The average Bonchev–Trinajstić information content (AvgIpc) is 1.65. The van der Waals surface area contributed by atoms with E-state index in [4.69, 9.17) is 0 Å². The first kappa shape index (κ1) is 6.98.